The maximum atomic E-state index is 9.56. The van der Waals surface area contributed by atoms with Crippen LogP contribution in [0.2, 0.25) is 0 Å². The van der Waals surface area contributed by atoms with E-state index in [1.54, 1.807) is 12.1 Å². The molecular formula is C21H22O3. The first-order chi connectivity index (χ1) is 11.7. The lowest BCUT2D eigenvalue weighted by molar-refractivity contribution is 0.120. The van der Waals surface area contributed by atoms with Crippen LogP contribution in [0.25, 0.3) is 10.8 Å². The van der Waals surface area contributed by atoms with Crippen LogP contribution in [0.4, 0.5) is 0 Å². The maximum absolute atomic E-state index is 9.56. The highest BCUT2D eigenvalue weighted by molar-refractivity contribution is 5.85. The molecule has 124 valence electrons. The second kappa shape index (κ2) is 7.26. The molecule has 0 fully saturated rings. The smallest absolute Gasteiger partial charge is 0.230 e. The van der Waals surface area contributed by atoms with Crippen molar-refractivity contribution in [2.75, 3.05) is 6.79 Å². The van der Waals surface area contributed by atoms with E-state index in [1.807, 2.05) is 36.4 Å². The van der Waals surface area contributed by atoms with Gasteiger partial charge in [0.05, 0.1) is 0 Å². The molecule has 0 radical (unpaired) electrons. The number of benzene rings is 3. The van der Waals surface area contributed by atoms with Crippen LogP contribution in [0.3, 0.4) is 0 Å². The van der Waals surface area contributed by atoms with Crippen LogP contribution in [0, 0.1) is 0 Å². The third-order valence-electron chi connectivity index (χ3n) is 4.31. The van der Waals surface area contributed by atoms with E-state index in [9.17, 15) is 5.11 Å². The van der Waals surface area contributed by atoms with Crippen molar-refractivity contribution in [1.29, 1.82) is 0 Å². The lowest BCUT2D eigenvalue weighted by Crippen LogP contribution is -2.05. The predicted octanol–water partition coefficient (Wildman–Crippen LogP) is 5.47. The average molecular weight is 322 g/mol. The molecule has 0 saturated heterocycles. The van der Waals surface area contributed by atoms with Crippen molar-refractivity contribution >= 4 is 10.8 Å². The summed E-state index contributed by atoms with van der Waals surface area (Å²) in [5.41, 5.74) is 1.32. The van der Waals surface area contributed by atoms with Crippen molar-refractivity contribution in [3.05, 3.63) is 66.2 Å². The third kappa shape index (κ3) is 3.80. The number of aromatic hydroxyl groups is 1. The quantitative estimate of drug-likeness (QED) is 0.611. The lowest BCUT2D eigenvalue weighted by atomic mass is 9.99. The van der Waals surface area contributed by atoms with Gasteiger partial charge in [-0.2, -0.15) is 0 Å². The number of fused-ring (bicyclic) bond motifs is 1. The van der Waals surface area contributed by atoms with E-state index in [0.29, 0.717) is 11.7 Å². The van der Waals surface area contributed by atoms with Gasteiger partial charge in [0.2, 0.25) is 6.79 Å². The number of hydrogen-bond donors (Lipinski definition) is 1. The van der Waals surface area contributed by atoms with Crippen LogP contribution in [-0.4, -0.2) is 11.9 Å². The van der Waals surface area contributed by atoms with Crippen LogP contribution in [0.15, 0.2) is 60.7 Å². The Bertz CT molecular complexity index is 809. The van der Waals surface area contributed by atoms with Gasteiger partial charge in [-0.1, -0.05) is 38.1 Å². The zero-order valence-electron chi connectivity index (χ0n) is 14.0. The zero-order valence-corrected chi connectivity index (χ0v) is 14.0. The highest BCUT2D eigenvalue weighted by Gasteiger charge is 2.03. The molecule has 3 aromatic rings. The van der Waals surface area contributed by atoms with Gasteiger partial charge in [0.15, 0.2) is 0 Å². The fourth-order valence-corrected chi connectivity index (χ4v) is 2.60. The molecule has 0 aliphatic carbocycles. The Morgan fingerprint density at radius 1 is 0.833 bits per heavy atom. The fraction of sp³-hybridized carbons (Fsp3) is 0.238. The van der Waals surface area contributed by atoms with Gasteiger partial charge >= 0.3 is 0 Å². The molecule has 3 heteroatoms. The second-order valence-corrected chi connectivity index (χ2v) is 5.98. The van der Waals surface area contributed by atoms with Crippen LogP contribution in [-0.2, 0) is 0 Å². The van der Waals surface area contributed by atoms with Gasteiger partial charge in [-0.15, -0.1) is 0 Å². The number of ether oxygens (including phenoxy) is 2. The molecule has 3 nitrogen and oxygen atoms in total. The number of phenolic OH excluding ortho intramolecular Hbond substituents is 1. The van der Waals surface area contributed by atoms with Crippen molar-refractivity contribution in [3.8, 4) is 17.2 Å². The topological polar surface area (TPSA) is 38.7 Å². The monoisotopic (exact) mass is 322 g/mol. The van der Waals surface area contributed by atoms with Crippen LogP contribution >= 0.6 is 0 Å². The summed E-state index contributed by atoms with van der Waals surface area (Å²) in [4.78, 5) is 0. The molecule has 0 spiro atoms. The maximum Gasteiger partial charge on any atom is 0.230 e. The molecule has 1 N–H and O–H groups in total. The van der Waals surface area contributed by atoms with Gasteiger partial charge in [-0.25, -0.2) is 0 Å². The molecule has 0 aliphatic rings. The number of phenols is 1. The van der Waals surface area contributed by atoms with Crippen LogP contribution < -0.4 is 9.47 Å². The molecule has 24 heavy (non-hydrogen) atoms. The number of hydrogen-bond acceptors (Lipinski definition) is 3. The van der Waals surface area contributed by atoms with Crippen molar-refractivity contribution < 1.29 is 14.6 Å². The SMILES string of the molecule is CCC(C)c1ccc(OCOc2ccc3ccc(O)cc3c2)cc1. The second-order valence-electron chi connectivity index (χ2n) is 5.98. The summed E-state index contributed by atoms with van der Waals surface area (Å²) in [5, 5.41) is 11.6. The number of rotatable bonds is 6. The third-order valence-corrected chi connectivity index (χ3v) is 4.31. The van der Waals surface area contributed by atoms with Crippen molar-refractivity contribution in [2.45, 2.75) is 26.2 Å². The molecule has 3 rings (SSSR count). The van der Waals surface area contributed by atoms with Crippen molar-refractivity contribution in [1.82, 2.24) is 0 Å². The van der Waals surface area contributed by atoms with Gasteiger partial charge in [-0.05, 0) is 65.1 Å². The molecule has 0 saturated carbocycles. The van der Waals surface area contributed by atoms with Gasteiger partial charge in [0, 0.05) is 0 Å². The van der Waals surface area contributed by atoms with Crippen LogP contribution in [0.5, 0.6) is 17.2 Å². The van der Waals surface area contributed by atoms with Crippen molar-refractivity contribution in [3.63, 3.8) is 0 Å². The Kier molecular flexibility index (Phi) is 4.90. The minimum atomic E-state index is 0.146. The molecule has 1 unspecified atom stereocenters. The summed E-state index contributed by atoms with van der Waals surface area (Å²) in [6, 6.07) is 19.2. The first-order valence-electron chi connectivity index (χ1n) is 8.24. The molecule has 0 heterocycles. The highest BCUT2D eigenvalue weighted by atomic mass is 16.7. The standard InChI is InChI=1S/C21H22O3/c1-3-15(2)16-5-9-20(10-6-16)23-14-24-21-11-7-17-4-8-19(22)12-18(17)13-21/h4-13,15,22H,3,14H2,1-2H3. The Morgan fingerprint density at radius 3 is 2.25 bits per heavy atom. The first kappa shape index (κ1) is 16.2. The van der Waals surface area contributed by atoms with Gasteiger partial charge < -0.3 is 14.6 Å². The minimum absolute atomic E-state index is 0.146. The molecule has 0 aromatic heterocycles. The zero-order chi connectivity index (χ0) is 16.9. The highest BCUT2D eigenvalue weighted by Crippen LogP contribution is 2.25. The Morgan fingerprint density at radius 2 is 1.50 bits per heavy atom. The largest absolute Gasteiger partial charge is 0.508 e. The summed E-state index contributed by atoms with van der Waals surface area (Å²) < 4.78 is 11.3. The summed E-state index contributed by atoms with van der Waals surface area (Å²) >= 11 is 0. The Hall–Kier alpha value is -2.68. The summed E-state index contributed by atoms with van der Waals surface area (Å²) in [6.07, 6.45) is 1.13. The lowest BCUT2D eigenvalue weighted by Gasteiger charge is -2.12. The van der Waals surface area contributed by atoms with Gasteiger partial charge in [0.25, 0.3) is 0 Å². The summed E-state index contributed by atoms with van der Waals surface area (Å²) in [5.74, 6) is 2.31. The van der Waals surface area contributed by atoms with E-state index in [-0.39, 0.29) is 12.5 Å². The Labute approximate surface area is 142 Å². The van der Waals surface area contributed by atoms with Crippen LogP contribution in [0.1, 0.15) is 31.7 Å². The molecule has 3 aromatic carbocycles. The van der Waals surface area contributed by atoms with E-state index in [1.165, 1.54) is 5.56 Å². The molecular weight excluding hydrogens is 300 g/mol. The van der Waals surface area contributed by atoms with Crippen molar-refractivity contribution in [2.24, 2.45) is 0 Å². The van der Waals surface area contributed by atoms with E-state index in [4.69, 9.17) is 9.47 Å². The normalized spacial score (nSPS) is 12.1. The molecule has 0 amide bonds. The Balaban J connectivity index is 1.60. The van der Waals surface area contributed by atoms with Gasteiger partial charge in [0.1, 0.15) is 17.2 Å². The molecule has 0 bridgehead atoms. The predicted molar refractivity (Wildman–Crippen MR) is 96.9 cm³/mol. The first-order valence-corrected chi connectivity index (χ1v) is 8.24. The van der Waals surface area contributed by atoms with E-state index >= 15 is 0 Å². The molecule has 1 atom stereocenters. The van der Waals surface area contributed by atoms with E-state index in [0.717, 1.165) is 22.9 Å². The fourth-order valence-electron chi connectivity index (χ4n) is 2.60. The summed E-state index contributed by atoms with van der Waals surface area (Å²) in [6.45, 7) is 4.55. The average Bonchev–Trinajstić information content (AvgIpc) is 2.61. The van der Waals surface area contributed by atoms with E-state index in [2.05, 4.69) is 26.0 Å². The summed E-state index contributed by atoms with van der Waals surface area (Å²) in [7, 11) is 0. The van der Waals surface area contributed by atoms with E-state index < -0.39 is 0 Å². The minimum Gasteiger partial charge on any atom is -0.508 e. The molecule has 0 aliphatic heterocycles. The van der Waals surface area contributed by atoms with Gasteiger partial charge in [-0.3, -0.25) is 0 Å².